The first kappa shape index (κ1) is 54.1. The highest BCUT2D eigenvalue weighted by atomic mass is 32.1. The Balaban J connectivity index is 0.946. The first-order chi connectivity index (χ1) is 36.0. The van der Waals surface area contributed by atoms with Gasteiger partial charge in [-0.15, -0.1) is 11.3 Å². The molecule has 0 aliphatic carbocycles. The Morgan fingerprint density at radius 3 is 2.49 bits per heavy atom. The number of hydrazine groups is 1. The first-order valence-corrected chi connectivity index (χ1v) is 28.2. The molecule has 5 amide bonds. The third-order valence-corrected chi connectivity index (χ3v) is 17.2. The molecule has 1 aromatic carbocycles. The number of benzene rings is 1. The molecule has 1 spiro atoms. The number of hydrogen-bond acceptors (Lipinski definition) is 12. The van der Waals surface area contributed by atoms with E-state index in [-0.39, 0.29) is 42.4 Å². The number of hydrogen-bond donors (Lipinski definition) is 2. The number of likely N-dealkylation sites (tertiary alicyclic amines) is 3. The molecule has 75 heavy (non-hydrogen) atoms. The predicted molar refractivity (Wildman–Crippen MR) is 290 cm³/mol. The Bertz CT molecular complexity index is 2760. The molecular weight excluding hydrogens is 969 g/mol. The zero-order chi connectivity index (χ0) is 53.2. The Labute approximate surface area is 446 Å². The van der Waals surface area contributed by atoms with Gasteiger partial charge in [-0.1, -0.05) is 46.3 Å². The van der Waals surface area contributed by atoms with Crippen LogP contribution in [-0.2, 0) is 48.0 Å². The minimum Gasteiger partial charge on any atom is -0.464 e. The van der Waals surface area contributed by atoms with Gasteiger partial charge in [0.15, 0.2) is 0 Å². The van der Waals surface area contributed by atoms with Gasteiger partial charge in [0.2, 0.25) is 11.8 Å². The number of thiazole rings is 1. The van der Waals surface area contributed by atoms with Gasteiger partial charge in [-0.05, 0) is 108 Å². The van der Waals surface area contributed by atoms with Crippen LogP contribution in [0, 0.1) is 16.7 Å². The number of nitrogens with zero attached hydrogens (tertiary/aromatic N) is 8. The second-order valence-corrected chi connectivity index (χ2v) is 23.7. The Hall–Kier alpha value is -5.69. The molecule has 0 radical (unpaired) electrons. The Morgan fingerprint density at radius 1 is 1.01 bits per heavy atom. The SMILES string of the molecule is CCn1c(-c2cccnc2[C@H](C)OC)c2c3cc(ccc31)-c1csc(n1)C[C@H](NC(=O)C(C(C)C)N(C)C(=O)N1CCC3(CC1)CN(C(=O)/C=C/CN1CCCCC1)C3)C(=O)N1CCC[C@H](N1)C(=O)OCC(C)(C)C2. The smallest absolute Gasteiger partial charge is 0.324 e. The van der Waals surface area contributed by atoms with Crippen molar-refractivity contribution in [3.63, 3.8) is 0 Å². The molecule has 6 bridgehead atoms. The van der Waals surface area contributed by atoms with E-state index in [9.17, 15) is 24.0 Å². The Morgan fingerprint density at radius 2 is 1.77 bits per heavy atom. The molecular formula is C57H78N10O7S. The number of aromatic nitrogens is 3. The third kappa shape index (κ3) is 11.7. The minimum atomic E-state index is -1.07. The highest BCUT2D eigenvalue weighted by molar-refractivity contribution is 7.10. The molecule has 17 nitrogen and oxygen atoms in total. The van der Waals surface area contributed by atoms with Crippen molar-refractivity contribution in [2.45, 2.75) is 130 Å². The van der Waals surface area contributed by atoms with Crippen molar-refractivity contribution in [3.8, 4) is 22.5 Å². The molecule has 4 saturated heterocycles. The number of piperidine rings is 2. The normalized spacial score (nSPS) is 22.2. The highest BCUT2D eigenvalue weighted by Crippen LogP contribution is 2.43. The van der Waals surface area contributed by atoms with Crippen LogP contribution in [0.5, 0.6) is 0 Å². The number of cyclic esters (lactones) is 1. The number of aryl methyl sites for hydroxylation is 1. The van der Waals surface area contributed by atoms with Gasteiger partial charge in [-0.2, -0.15) is 0 Å². The van der Waals surface area contributed by atoms with Gasteiger partial charge in [-0.3, -0.25) is 34.1 Å². The summed E-state index contributed by atoms with van der Waals surface area (Å²) in [5, 5.41) is 8.23. The number of carbonyl (C=O) groups excluding carboxylic acids is 5. The van der Waals surface area contributed by atoms with Crippen molar-refractivity contribution in [1.82, 2.24) is 49.9 Å². The lowest BCUT2D eigenvalue weighted by molar-refractivity contribution is -0.155. The highest BCUT2D eigenvalue weighted by Gasteiger charge is 2.48. The maximum atomic E-state index is 14.8. The summed E-state index contributed by atoms with van der Waals surface area (Å²) < 4.78 is 14.3. The molecule has 4 atom stereocenters. The second-order valence-electron chi connectivity index (χ2n) is 22.8. The lowest BCUT2D eigenvalue weighted by atomic mass is 9.72. The van der Waals surface area contributed by atoms with Gasteiger partial charge in [0.05, 0.1) is 34.8 Å². The van der Waals surface area contributed by atoms with E-state index in [1.807, 2.05) is 48.1 Å². The molecule has 3 aromatic heterocycles. The minimum absolute atomic E-state index is 0.0116. The quantitative estimate of drug-likeness (QED) is 0.114. The lowest BCUT2D eigenvalue weighted by Gasteiger charge is -2.54. The fourth-order valence-electron chi connectivity index (χ4n) is 12.0. The summed E-state index contributed by atoms with van der Waals surface area (Å²) >= 11 is 1.42. The van der Waals surface area contributed by atoms with Gasteiger partial charge in [0, 0.05) is 117 Å². The van der Waals surface area contributed by atoms with Crippen LogP contribution in [0.4, 0.5) is 4.79 Å². The van der Waals surface area contributed by atoms with Gasteiger partial charge in [0.25, 0.3) is 5.91 Å². The zero-order valence-corrected chi connectivity index (χ0v) is 46.2. The van der Waals surface area contributed by atoms with Gasteiger partial charge < -0.3 is 34.1 Å². The summed E-state index contributed by atoms with van der Waals surface area (Å²) in [6, 6.07) is 7.47. The molecule has 404 valence electrons. The molecule has 9 rings (SSSR count). The summed E-state index contributed by atoms with van der Waals surface area (Å²) in [5.41, 5.74) is 9.34. The van der Waals surface area contributed by atoms with Crippen LogP contribution < -0.4 is 10.7 Å². The molecule has 4 aromatic rings. The number of esters is 1. The zero-order valence-electron chi connectivity index (χ0n) is 45.4. The summed E-state index contributed by atoms with van der Waals surface area (Å²) in [5.74, 6) is -1.55. The summed E-state index contributed by atoms with van der Waals surface area (Å²) in [4.78, 5) is 88.3. The van der Waals surface area contributed by atoms with E-state index in [2.05, 4.69) is 65.2 Å². The molecule has 2 N–H and O–H groups in total. The summed E-state index contributed by atoms with van der Waals surface area (Å²) in [6.07, 6.45) is 12.2. The number of likely N-dealkylation sites (N-methyl/N-ethyl adjacent to an activating group) is 1. The van der Waals surface area contributed by atoms with Crippen LogP contribution in [0.3, 0.4) is 0 Å². The standard InChI is InChI=1S/C57H78N10O7S/c1-9-66-46-20-19-39-30-41(46)42(51(66)40-16-13-23-58-49(40)38(4)73-8)32-56(5,6)36-74-54(71)43-17-14-27-67(61-43)53(70)44(31-47-59-45(39)33-75-47)60-52(69)50(37(2)3)62(7)55(72)64-28-21-57(22-29-64)34-65(35-57)48(68)18-15-26-63-24-11-10-12-25-63/h13,15-16,18-20,23,30,33,37-38,43-44,50,61H,9-12,14,17,21-22,24-29,31-32,34-36H2,1-8H3,(H,60,69)/b18-15+/t38-,43-,44-,50?/m0/s1. The van der Waals surface area contributed by atoms with Gasteiger partial charge in [-0.25, -0.2) is 15.2 Å². The van der Waals surface area contributed by atoms with Crippen LogP contribution in [0.25, 0.3) is 33.4 Å². The number of pyridine rings is 1. The molecule has 18 heteroatoms. The molecule has 1 unspecified atom stereocenters. The monoisotopic (exact) mass is 1050 g/mol. The van der Waals surface area contributed by atoms with E-state index < -0.39 is 41.3 Å². The molecule has 8 heterocycles. The first-order valence-electron chi connectivity index (χ1n) is 27.3. The molecule has 5 aliphatic rings. The number of urea groups is 1. The van der Waals surface area contributed by atoms with Crippen LogP contribution in [0.2, 0.25) is 0 Å². The number of ether oxygens (including phenoxy) is 2. The third-order valence-electron chi connectivity index (χ3n) is 16.3. The largest absolute Gasteiger partial charge is 0.464 e. The van der Waals surface area contributed by atoms with Crippen molar-refractivity contribution < 1.29 is 33.4 Å². The van der Waals surface area contributed by atoms with E-state index in [1.165, 1.54) is 40.5 Å². The van der Waals surface area contributed by atoms with Gasteiger partial charge >= 0.3 is 12.0 Å². The average Bonchev–Trinajstić information content (AvgIpc) is 4.00. The number of nitrogens with one attached hydrogen (secondary N) is 2. The van der Waals surface area contributed by atoms with Crippen molar-refractivity contribution in [1.29, 1.82) is 0 Å². The van der Waals surface area contributed by atoms with E-state index in [0.717, 1.165) is 77.2 Å². The van der Waals surface area contributed by atoms with Crippen LogP contribution in [-0.4, -0.2) is 160 Å². The molecule has 5 aliphatic heterocycles. The maximum Gasteiger partial charge on any atom is 0.324 e. The lowest BCUT2D eigenvalue weighted by Crippen LogP contribution is -2.64. The number of rotatable bonds is 11. The Kier molecular flexibility index (Phi) is 16.5. The van der Waals surface area contributed by atoms with Crippen molar-refractivity contribution in [3.05, 3.63) is 70.3 Å². The number of fused-ring (bicyclic) bond motifs is 6. The molecule has 4 fully saturated rings. The van der Waals surface area contributed by atoms with E-state index >= 15 is 0 Å². The average molecular weight is 1050 g/mol. The summed E-state index contributed by atoms with van der Waals surface area (Å²) in [7, 11) is 3.35. The van der Waals surface area contributed by atoms with Gasteiger partial charge in [0.1, 0.15) is 18.1 Å². The van der Waals surface area contributed by atoms with Crippen molar-refractivity contribution in [2.24, 2.45) is 16.7 Å². The van der Waals surface area contributed by atoms with E-state index in [1.54, 1.807) is 26.4 Å². The summed E-state index contributed by atoms with van der Waals surface area (Å²) in [6.45, 7) is 18.7. The number of methoxy groups -OCH3 is 1. The second kappa shape index (κ2) is 22.9. The van der Waals surface area contributed by atoms with Crippen LogP contribution >= 0.6 is 11.3 Å². The predicted octanol–water partition coefficient (Wildman–Crippen LogP) is 7.25. The number of carbonyl (C=O) groups is 5. The van der Waals surface area contributed by atoms with Crippen LogP contribution in [0.15, 0.2) is 54.1 Å². The van der Waals surface area contributed by atoms with E-state index in [4.69, 9.17) is 19.4 Å². The fourth-order valence-corrected chi connectivity index (χ4v) is 12.9. The molecule has 0 saturated carbocycles. The topological polar surface area (TPSA) is 175 Å². The van der Waals surface area contributed by atoms with Crippen molar-refractivity contribution >= 4 is 52.0 Å². The number of amides is 5. The van der Waals surface area contributed by atoms with Crippen LogP contribution in [0.1, 0.15) is 109 Å². The maximum absolute atomic E-state index is 14.8. The van der Waals surface area contributed by atoms with Crippen molar-refractivity contribution in [2.75, 3.05) is 73.1 Å². The van der Waals surface area contributed by atoms with E-state index in [0.29, 0.717) is 63.5 Å². The fraction of sp³-hybridized carbons (Fsp3) is 0.596.